The SMILES string of the molecule is CCCCCCn1c(SCC(=O)C(C#N)=C(C)N)nnc1-c1c[nH]c2ccccc12. The Hall–Kier alpha value is -3.05. The van der Waals surface area contributed by atoms with Crippen LogP contribution in [0.15, 0.2) is 46.9 Å². The molecule has 1 aromatic carbocycles. The molecule has 0 amide bonds. The van der Waals surface area contributed by atoms with E-state index in [2.05, 4.69) is 32.7 Å². The number of nitrogens with one attached hydrogen (secondary N) is 1. The monoisotopic (exact) mass is 422 g/mol. The number of nitriles is 1. The topological polar surface area (TPSA) is 113 Å². The van der Waals surface area contributed by atoms with Crippen molar-refractivity contribution < 1.29 is 4.79 Å². The fourth-order valence-electron chi connectivity index (χ4n) is 3.32. The van der Waals surface area contributed by atoms with Crippen molar-refractivity contribution in [2.24, 2.45) is 5.73 Å². The Morgan fingerprint density at radius 2 is 2.07 bits per heavy atom. The summed E-state index contributed by atoms with van der Waals surface area (Å²) in [5.74, 6) is 0.583. The molecule has 2 aromatic heterocycles. The number of hydrogen-bond donors (Lipinski definition) is 2. The van der Waals surface area contributed by atoms with Gasteiger partial charge in [-0.05, 0) is 19.4 Å². The van der Waals surface area contributed by atoms with Crippen LogP contribution in [0.4, 0.5) is 0 Å². The summed E-state index contributed by atoms with van der Waals surface area (Å²) >= 11 is 1.29. The molecule has 0 radical (unpaired) electrons. The van der Waals surface area contributed by atoms with Gasteiger partial charge in [0.05, 0.1) is 5.75 Å². The van der Waals surface area contributed by atoms with Crippen molar-refractivity contribution in [2.45, 2.75) is 51.2 Å². The van der Waals surface area contributed by atoms with Gasteiger partial charge in [0, 0.05) is 34.9 Å². The van der Waals surface area contributed by atoms with Crippen molar-refractivity contribution >= 4 is 28.4 Å². The number of carbonyl (C=O) groups excluding carboxylic acids is 1. The van der Waals surface area contributed by atoms with E-state index in [1.807, 2.05) is 30.5 Å². The first kappa shape index (κ1) is 21.7. The van der Waals surface area contributed by atoms with Gasteiger partial charge in [-0.1, -0.05) is 56.1 Å². The summed E-state index contributed by atoms with van der Waals surface area (Å²) in [7, 11) is 0. The molecule has 0 atom stereocenters. The smallest absolute Gasteiger partial charge is 0.191 e. The van der Waals surface area contributed by atoms with Crippen LogP contribution in [0.1, 0.15) is 39.5 Å². The van der Waals surface area contributed by atoms with Crippen LogP contribution >= 0.6 is 11.8 Å². The third kappa shape index (κ3) is 4.74. The van der Waals surface area contributed by atoms with E-state index in [4.69, 9.17) is 11.0 Å². The summed E-state index contributed by atoms with van der Waals surface area (Å²) in [6.07, 6.45) is 6.42. The Kier molecular flexibility index (Phi) is 7.31. The van der Waals surface area contributed by atoms with E-state index in [1.54, 1.807) is 6.92 Å². The van der Waals surface area contributed by atoms with Crippen LogP contribution in [0, 0.1) is 11.3 Å². The molecule has 2 heterocycles. The summed E-state index contributed by atoms with van der Waals surface area (Å²) in [4.78, 5) is 15.7. The molecule has 156 valence electrons. The van der Waals surface area contributed by atoms with Gasteiger partial charge in [-0.2, -0.15) is 5.26 Å². The molecule has 0 spiro atoms. The molecule has 8 heteroatoms. The van der Waals surface area contributed by atoms with Crippen LogP contribution in [0.5, 0.6) is 0 Å². The zero-order chi connectivity index (χ0) is 21.5. The van der Waals surface area contributed by atoms with Gasteiger partial charge in [0.1, 0.15) is 11.6 Å². The lowest BCUT2D eigenvalue weighted by molar-refractivity contribution is -0.112. The number of nitrogens with zero attached hydrogens (tertiary/aromatic N) is 4. The molecule has 3 N–H and O–H groups in total. The number of aromatic amines is 1. The minimum atomic E-state index is -0.295. The van der Waals surface area contributed by atoms with E-state index in [0.29, 0.717) is 5.16 Å². The van der Waals surface area contributed by atoms with E-state index in [0.717, 1.165) is 48.1 Å². The predicted octanol–water partition coefficient (Wildman–Crippen LogP) is 4.42. The molecule has 0 aliphatic carbocycles. The largest absolute Gasteiger partial charge is 0.401 e. The van der Waals surface area contributed by atoms with Gasteiger partial charge in [0.15, 0.2) is 16.8 Å². The molecular formula is C22H26N6OS. The van der Waals surface area contributed by atoms with Crippen LogP contribution < -0.4 is 5.73 Å². The first-order valence-electron chi connectivity index (χ1n) is 10.1. The summed E-state index contributed by atoms with van der Waals surface area (Å²) < 4.78 is 2.08. The first-order valence-corrected chi connectivity index (χ1v) is 11.1. The number of aromatic nitrogens is 4. The molecule has 3 aromatic rings. The quantitative estimate of drug-likeness (QED) is 0.216. The van der Waals surface area contributed by atoms with Crippen molar-refractivity contribution in [3.05, 3.63) is 41.7 Å². The Labute approximate surface area is 180 Å². The second-order valence-electron chi connectivity index (χ2n) is 7.15. The fourth-order valence-corrected chi connectivity index (χ4v) is 4.16. The van der Waals surface area contributed by atoms with Crippen LogP contribution in [0.3, 0.4) is 0 Å². The third-order valence-corrected chi connectivity index (χ3v) is 5.87. The number of H-pyrrole nitrogens is 1. The number of nitrogens with two attached hydrogens (primary N) is 1. The number of para-hydroxylation sites is 1. The number of benzene rings is 1. The zero-order valence-electron chi connectivity index (χ0n) is 17.3. The second kappa shape index (κ2) is 10.1. The van der Waals surface area contributed by atoms with Gasteiger partial charge < -0.3 is 15.3 Å². The van der Waals surface area contributed by atoms with Crippen LogP contribution in [0.25, 0.3) is 22.3 Å². The number of thioether (sulfide) groups is 1. The minimum Gasteiger partial charge on any atom is -0.401 e. The van der Waals surface area contributed by atoms with E-state index in [-0.39, 0.29) is 22.8 Å². The maximum atomic E-state index is 12.4. The molecule has 3 rings (SSSR count). The lowest BCUT2D eigenvalue weighted by Crippen LogP contribution is -2.11. The van der Waals surface area contributed by atoms with Gasteiger partial charge in [-0.25, -0.2) is 0 Å². The summed E-state index contributed by atoms with van der Waals surface area (Å²) in [6, 6.07) is 9.97. The highest BCUT2D eigenvalue weighted by molar-refractivity contribution is 7.99. The molecule has 0 fully saturated rings. The third-order valence-electron chi connectivity index (χ3n) is 4.90. The summed E-state index contributed by atoms with van der Waals surface area (Å²) in [5, 5.41) is 19.7. The predicted molar refractivity (Wildman–Crippen MR) is 120 cm³/mol. The average molecular weight is 423 g/mol. The minimum absolute atomic E-state index is 0.00774. The maximum absolute atomic E-state index is 12.4. The second-order valence-corrected chi connectivity index (χ2v) is 8.09. The molecule has 0 aliphatic rings. The van der Waals surface area contributed by atoms with Crippen molar-refractivity contribution in [2.75, 3.05) is 5.75 Å². The van der Waals surface area contributed by atoms with Gasteiger partial charge >= 0.3 is 0 Å². The Balaban J connectivity index is 1.89. The van der Waals surface area contributed by atoms with E-state index < -0.39 is 0 Å². The molecule has 0 bridgehead atoms. The molecule has 0 saturated heterocycles. The maximum Gasteiger partial charge on any atom is 0.191 e. The van der Waals surface area contributed by atoms with Crippen LogP contribution in [0.2, 0.25) is 0 Å². The first-order chi connectivity index (χ1) is 14.6. The number of carbonyl (C=O) groups is 1. The number of fused-ring (bicyclic) bond motifs is 1. The fraction of sp³-hybridized carbons (Fsp3) is 0.364. The van der Waals surface area contributed by atoms with Crippen LogP contribution in [-0.2, 0) is 11.3 Å². The highest BCUT2D eigenvalue weighted by atomic mass is 32.2. The number of Topliss-reactive ketones (excluding diaryl/α,β-unsaturated/α-hetero) is 1. The Bertz CT molecular complexity index is 1100. The van der Waals surface area contributed by atoms with Crippen molar-refractivity contribution in [1.82, 2.24) is 19.7 Å². The molecule has 7 nitrogen and oxygen atoms in total. The molecule has 0 unspecified atom stereocenters. The van der Waals surface area contributed by atoms with Gasteiger partial charge in [-0.3, -0.25) is 4.79 Å². The lowest BCUT2D eigenvalue weighted by Gasteiger charge is -2.10. The van der Waals surface area contributed by atoms with Gasteiger partial charge in [-0.15, -0.1) is 10.2 Å². The standard InChI is InChI=1S/C22H26N6OS/c1-3-4-5-8-11-28-21(18-13-25-19-10-7-6-9-16(18)19)26-27-22(28)30-14-20(29)17(12-23)15(2)24/h6-7,9-10,13,25H,3-5,8,11,14,24H2,1-2H3. The van der Waals surface area contributed by atoms with Crippen molar-refractivity contribution in [3.8, 4) is 17.5 Å². The Morgan fingerprint density at radius 3 is 2.80 bits per heavy atom. The zero-order valence-corrected chi connectivity index (χ0v) is 18.1. The van der Waals surface area contributed by atoms with Crippen molar-refractivity contribution in [3.63, 3.8) is 0 Å². The molecule has 0 saturated carbocycles. The van der Waals surface area contributed by atoms with E-state index in [1.165, 1.54) is 18.2 Å². The highest BCUT2D eigenvalue weighted by Gasteiger charge is 2.19. The number of ketones is 1. The molecular weight excluding hydrogens is 396 g/mol. The number of hydrogen-bond acceptors (Lipinski definition) is 6. The molecule has 30 heavy (non-hydrogen) atoms. The van der Waals surface area contributed by atoms with Gasteiger partial charge in [0.2, 0.25) is 0 Å². The van der Waals surface area contributed by atoms with E-state index >= 15 is 0 Å². The Morgan fingerprint density at radius 1 is 1.27 bits per heavy atom. The van der Waals surface area contributed by atoms with Crippen LogP contribution in [-0.4, -0.2) is 31.3 Å². The lowest BCUT2D eigenvalue weighted by atomic mass is 10.1. The van der Waals surface area contributed by atoms with Gasteiger partial charge in [0.25, 0.3) is 0 Å². The average Bonchev–Trinajstić information content (AvgIpc) is 3.33. The highest BCUT2D eigenvalue weighted by Crippen LogP contribution is 2.30. The van der Waals surface area contributed by atoms with Crippen molar-refractivity contribution in [1.29, 1.82) is 5.26 Å². The number of unbranched alkanes of at least 4 members (excludes halogenated alkanes) is 3. The summed E-state index contributed by atoms with van der Waals surface area (Å²) in [6.45, 7) is 4.52. The summed E-state index contributed by atoms with van der Waals surface area (Å²) in [5.41, 5.74) is 7.93. The number of allylic oxidation sites excluding steroid dienone is 2. The number of rotatable bonds is 10. The molecule has 0 aliphatic heterocycles. The van der Waals surface area contributed by atoms with E-state index in [9.17, 15) is 4.79 Å². The normalized spacial score (nSPS) is 12.0.